The van der Waals surface area contributed by atoms with Gasteiger partial charge in [0.1, 0.15) is 5.82 Å². The van der Waals surface area contributed by atoms with Gasteiger partial charge in [-0.1, -0.05) is 6.92 Å². The van der Waals surface area contributed by atoms with Crippen LogP contribution in [0.15, 0.2) is 18.2 Å². The molecule has 1 aliphatic heterocycles. The summed E-state index contributed by atoms with van der Waals surface area (Å²) < 4.78 is 13.5. The van der Waals surface area contributed by atoms with E-state index < -0.39 is 0 Å². The lowest BCUT2D eigenvalue weighted by Crippen LogP contribution is -2.32. The Morgan fingerprint density at radius 2 is 2.20 bits per heavy atom. The second kappa shape index (κ2) is 7.04. The van der Waals surface area contributed by atoms with Crippen molar-refractivity contribution in [3.63, 3.8) is 0 Å². The molecule has 1 aromatic carbocycles. The number of likely N-dealkylation sites (N-methyl/N-ethyl adjacent to an activating group) is 1. The highest BCUT2D eigenvalue weighted by Gasteiger charge is 2.25. The smallest absolute Gasteiger partial charge is 0.123 e. The predicted octanol–water partition coefficient (Wildman–Crippen LogP) is 2.47. The summed E-state index contributed by atoms with van der Waals surface area (Å²) in [5.41, 5.74) is 2.25. The predicted molar refractivity (Wildman–Crippen MR) is 82.7 cm³/mol. The molecule has 1 heterocycles. The molecule has 1 N–H and O–H groups in total. The number of nitrogens with zero attached hydrogens (tertiary/aromatic N) is 2. The van der Waals surface area contributed by atoms with Gasteiger partial charge in [0.2, 0.25) is 0 Å². The average Bonchev–Trinajstić information content (AvgIpc) is 2.89. The van der Waals surface area contributed by atoms with Gasteiger partial charge in [-0.15, -0.1) is 0 Å². The van der Waals surface area contributed by atoms with Gasteiger partial charge in [-0.05, 0) is 57.2 Å². The Labute approximate surface area is 121 Å². The summed E-state index contributed by atoms with van der Waals surface area (Å²) in [5.74, 6) is -0.148. The molecule has 1 unspecified atom stereocenters. The van der Waals surface area contributed by atoms with E-state index >= 15 is 0 Å². The van der Waals surface area contributed by atoms with Crippen molar-refractivity contribution in [2.75, 3.05) is 38.6 Å². The summed E-state index contributed by atoms with van der Waals surface area (Å²) in [7, 11) is 4.26. The van der Waals surface area contributed by atoms with Crippen LogP contribution < -0.4 is 10.2 Å². The number of benzene rings is 1. The Kier molecular flexibility index (Phi) is 5.38. The third-order valence-corrected chi connectivity index (χ3v) is 4.02. The maximum Gasteiger partial charge on any atom is 0.123 e. The van der Waals surface area contributed by atoms with Gasteiger partial charge in [0, 0.05) is 31.4 Å². The average molecular weight is 279 g/mol. The van der Waals surface area contributed by atoms with Crippen LogP contribution in [0, 0.1) is 5.82 Å². The lowest BCUT2D eigenvalue weighted by molar-refractivity contribution is 0.315. The molecule has 1 saturated heterocycles. The summed E-state index contributed by atoms with van der Waals surface area (Å²) in [6, 6.07) is 5.76. The van der Waals surface area contributed by atoms with E-state index in [9.17, 15) is 4.39 Å². The van der Waals surface area contributed by atoms with Gasteiger partial charge in [-0.2, -0.15) is 0 Å². The fourth-order valence-corrected chi connectivity index (χ4v) is 2.79. The number of hydrogen-bond donors (Lipinski definition) is 1. The normalized spacial score (nSPS) is 19.1. The molecule has 0 bridgehead atoms. The summed E-state index contributed by atoms with van der Waals surface area (Å²) in [4.78, 5) is 4.66. The first-order chi connectivity index (χ1) is 9.61. The number of hydrogen-bond acceptors (Lipinski definition) is 3. The molecule has 0 amide bonds. The number of rotatable bonds is 6. The van der Waals surface area contributed by atoms with Crippen LogP contribution in [-0.4, -0.2) is 44.7 Å². The van der Waals surface area contributed by atoms with E-state index in [1.165, 1.54) is 12.1 Å². The highest BCUT2D eigenvalue weighted by molar-refractivity contribution is 5.54. The Bertz CT molecular complexity index is 434. The first kappa shape index (κ1) is 15.3. The summed E-state index contributed by atoms with van der Waals surface area (Å²) in [6.45, 7) is 5.93. The van der Waals surface area contributed by atoms with Crippen molar-refractivity contribution in [3.05, 3.63) is 29.6 Å². The zero-order valence-corrected chi connectivity index (χ0v) is 12.8. The minimum Gasteiger partial charge on any atom is -0.370 e. The molecule has 0 aromatic heterocycles. The van der Waals surface area contributed by atoms with Crippen molar-refractivity contribution in [3.8, 4) is 0 Å². The summed E-state index contributed by atoms with van der Waals surface area (Å²) in [6.07, 6.45) is 2.27. The SMILES string of the molecule is CCCNCc1cc(F)ccc1N1CCC(N(C)C)C1. The van der Waals surface area contributed by atoms with Crippen molar-refractivity contribution in [2.45, 2.75) is 32.4 Å². The number of nitrogens with one attached hydrogen (secondary N) is 1. The van der Waals surface area contributed by atoms with Gasteiger partial charge in [0.15, 0.2) is 0 Å². The molecule has 3 nitrogen and oxygen atoms in total. The molecule has 0 saturated carbocycles. The second-order valence-corrected chi connectivity index (χ2v) is 5.80. The first-order valence-corrected chi connectivity index (χ1v) is 7.52. The molecule has 0 aliphatic carbocycles. The van der Waals surface area contributed by atoms with Gasteiger partial charge in [-0.3, -0.25) is 0 Å². The van der Waals surface area contributed by atoms with Crippen LogP contribution in [0.2, 0.25) is 0 Å². The standard InChI is InChI=1S/C16H26FN3/c1-4-8-18-11-13-10-14(17)5-6-16(13)20-9-7-15(12-20)19(2)3/h5-6,10,15,18H,4,7-9,11-12H2,1-3H3. The van der Waals surface area contributed by atoms with Gasteiger partial charge < -0.3 is 15.1 Å². The van der Waals surface area contributed by atoms with Crippen molar-refractivity contribution < 1.29 is 4.39 Å². The van der Waals surface area contributed by atoms with Crippen LogP contribution >= 0.6 is 0 Å². The van der Waals surface area contributed by atoms with Crippen LogP contribution in [0.4, 0.5) is 10.1 Å². The Hall–Kier alpha value is -1.13. The molecular weight excluding hydrogens is 253 g/mol. The topological polar surface area (TPSA) is 18.5 Å². The fraction of sp³-hybridized carbons (Fsp3) is 0.625. The largest absolute Gasteiger partial charge is 0.370 e. The molecule has 0 radical (unpaired) electrons. The Morgan fingerprint density at radius 3 is 2.85 bits per heavy atom. The van der Waals surface area contributed by atoms with E-state index in [-0.39, 0.29) is 5.82 Å². The maximum atomic E-state index is 13.5. The van der Waals surface area contributed by atoms with E-state index in [1.807, 2.05) is 6.07 Å². The van der Waals surface area contributed by atoms with E-state index in [2.05, 4.69) is 36.1 Å². The van der Waals surface area contributed by atoms with Crippen LogP contribution in [0.3, 0.4) is 0 Å². The van der Waals surface area contributed by atoms with Crippen LogP contribution in [-0.2, 0) is 6.54 Å². The van der Waals surface area contributed by atoms with Crippen molar-refractivity contribution >= 4 is 5.69 Å². The van der Waals surface area contributed by atoms with E-state index in [0.717, 1.165) is 38.2 Å². The van der Waals surface area contributed by atoms with Crippen LogP contribution in [0.5, 0.6) is 0 Å². The lowest BCUT2D eigenvalue weighted by Gasteiger charge is -2.24. The monoisotopic (exact) mass is 279 g/mol. The zero-order valence-electron chi connectivity index (χ0n) is 12.8. The van der Waals surface area contributed by atoms with Gasteiger partial charge in [0.25, 0.3) is 0 Å². The van der Waals surface area contributed by atoms with E-state index in [1.54, 1.807) is 12.1 Å². The Balaban J connectivity index is 2.10. The molecular formula is C16H26FN3. The third kappa shape index (κ3) is 3.70. The molecule has 112 valence electrons. The molecule has 0 spiro atoms. The van der Waals surface area contributed by atoms with Crippen molar-refractivity contribution in [2.24, 2.45) is 0 Å². The zero-order chi connectivity index (χ0) is 14.5. The number of halogens is 1. The van der Waals surface area contributed by atoms with E-state index in [4.69, 9.17) is 0 Å². The first-order valence-electron chi connectivity index (χ1n) is 7.52. The molecule has 20 heavy (non-hydrogen) atoms. The third-order valence-electron chi connectivity index (χ3n) is 4.02. The highest BCUT2D eigenvalue weighted by Crippen LogP contribution is 2.26. The lowest BCUT2D eigenvalue weighted by atomic mass is 10.1. The fourth-order valence-electron chi connectivity index (χ4n) is 2.79. The molecule has 1 aliphatic rings. The molecule has 1 fully saturated rings. The molecule has 2 rings (SSSR count). The minimum absolute atomic E-state index is 0.148. The quantitative estimate of drug-likeness (QED) is 0.807. The van der Waals surface area contributed by atoms with Crippen LogP contribution in [0.1, 0.15) is 25.3 Å². The van der Waals surface area contributed by atoms with E-state index in [0.29, 0.717) is 6.04 Å². The molecule has 1 atom stereocenters. The molecule has 4 heteroatoms. The van der Waals surface area contributed by atoms with Crippen LogP contribution in [0.25, 0.3) is 0 Å². The highest BCUT2D eigenvalue weighted by atomic mass is 19.1. The van der Waals surface area contributed by atoms with Gasteiger partial charge in [-0.25, -0.2) is 4.39 Å². The maximum absolute atomic E-state index is 13.5. The minimum atomic E-state index is -0.148. The summed E-state index contributed by atoms with van der Waals surface area (Å²) in [5, 5.41) is 3.37. The van der Waals surface area contributed by atoms with Gasteiger partial charge in [0.05, 0.1) is 0 Å². The number of anilines is 1. The molecule has 1 aromatic rings. The van der Waals surface area contributed by atoms with Gasteiger partial charge >= 0.3 is 0 Å². The van der Waals surface area contributed by atoms with Crippen molar-refractivity contribution in [1.82, 2.24) is 10.2 Å². The second-order valence-electron chi connectivity index (χ2n) is 5.80. The Morgan fingerprint density at radius 1 is 1.40 bits per heavy atom. The summed E-state index contributed by atoms with van der Waals surface area (Å²) >= 11 is 0. The van der Waals surface area contributed by atoms with Crippen molar-refractivity contribution in [1.29, 1.82) is 0 Å².